The Morgan fingerprint density at radius 1 is 1.17 bits per heavy atom. The van der Waals surface area contributed by atoms with Crippen LogP contribution in [0.2, 0.25) is 0 Å². The van der Waals surface area contributed by atoms with E-state index < -0.39 is 0 Å². The highest BCUT2D eigenvalue weighted by Gasteiger charge is 2.35. The Bertz CT molecular complexity index is 1020. The second-order valence-electron chi connectivity index (χ2n) is 7.08. The van der Waals surface area contributed by atoms with Crippen molar-refractivity contribution in [1.29, 1.82) is 0 Å². The molecule has 1 saturated heterocycles. The Hall–Kier alpha value is -3.68. The minimum atomic E-state index is -0.213. The largest absolute Gasteiger partial charge is 0.497 e. The maximum absolute atomic E-state index is 12.4. The topological polar surface area (TPSA) is 97.6 Å². The van der Waals surface area contributed by atoms with Gasteiger partial charge >= 0.3 is 6.01 Å². The minimum absolute atomic E-state index is 0.00878. The number of benzene rings is 2. The maximum Gasteiger partial charge on any atom is 0.322 e. The zero-order valence-electron chi connectivity index (χ0n) is 16.6. The fourth-order valence-corrected chi connectivity index (χ4v) is 3.41. The predicted octanol–water partition coefficient (Wildman–Crippen LogP) is 3.17. The van der Waals surface area contributed by atoms with Crippen LogP contribution in [0.25, 0.3) is 0 Å². The highest BCUT2D eigenvalue weighted by Crippen LogP contribution is 2.31. The van der Waals surface area contributed by atoms with Crippen molar-refractivity contribution >= 4 is 23.5 Å². The van der Waals surface area contributed by atoms with Gasteiger partial charge < -0.3 is 14.1 Å². The number of nitrogens with one attached hydrogen (secondary N) is 1. The normalized spacial score (nSPS) is 16.0. The Morgan fingerprint density at radius 2 is 1.93 bits per heavy atom. The number of hydrogen-bond acceptors (Lipinski definition) is 6. The number of carbonyl (C=O) groups is 2. The number of nitrogens with zero attached hydrogens (tertiary/aromatic N) is 3. The molecule has 1 aromatic heterocycles. The van der Waals surface area contributed by atoms with Gasteiger partial charge in [-0.3, -0.25) is 14.9 Å². The molecule has 1 aliphatic heterocycles. The zero-order valence-corrected chi connectivity index (χ0v) is 16.6. The van der Waals surface area contributed by atoms with Gasteiger partial charge in [0, 0.05) is 25.1 Å². The highest BCUT2D eigenvalue weighted by molar-refractivity contribution is 5.96. The highest BCUT2D eigenvalue weighted by atomic mass is 16.5. The molecule has 1 atom stereocenters. The number of carbonyl (C=O) groups excluding carboxylic acids is 2. The van der Waals surface area contributed by atoms with Crippen molar-refractivity contribution in [3.63, 3.8) is 0 Å². The van der Waals surface area contributed by atoms with E-state index in [1.54, 1.807) is 12.0 Å². The molecule has 2 heterocycles. The van der Waals surface area contributed by atoms with E-state index in [1.165, 1.54) is 0 Å². The number of ether oxygens (including phenoxy) is 1. The molecule has 4 rings (SSSR count). The first-order chi connectivity index (χ1) is 14.6. The van der Waals surface area contributed by atoms with Crippen LogP contribution in [0.15, 0.2) is 59.0 Å². The number of para-hydroxylation sites is 1. The van der Waals surface area contributed by atoms with Gasteiger partial charge in [-0.05, 0) is 36.2 Å². The third kappa shape index (κ3) is 4.48. The van der Waals surface area contributed by atoms with Crippen molar-refractivity contribution < 1.29 is 18.7 Å². The minimum Gasteiger partial charge on any atom is -0.497 e. The summed E-state index contributed by atoms with van der Waals surface area (Å²) < 4.78 is 10.7. The second kappa shape index (κ2) is 8.77. The lowest BCUT2D eigenvalue weighted by Gasteiger charge is -2.15. The summed E-state index contributed by atoms with van der Waals surface area (Å²) in [6.07, 6.45) is 1.16. The number of aromatic nitrogens is 2. The van der Waals surface area contributed by atoms with Crippen LogP contribution in [-0.4, -0.2) is 35.7 Å². The average Bonchev–Trinajstić information content (AvgIpc) is 3.39. The molecule has 154 valence electrons. The van der Waals surface area contributed by atoms with E-state index in [1.807, 2.05) is 54.6 Å². The Kier molecular flexibility index (Phi) is 5.74. The fraction of sp³-hybridized carbons (Fsp3) is 0.273. The molecule has 0 radical (unpaired) electrons. The van der Waals surface area contributed by atoms with Crippen molar-refractivity contribution in [2.75, 3.05) is 23.9 Å². The van der Waals surface area contributed by atoms with Crippen LogP contribution in [0, 0.1) is 0 Å². The molecule has 0 saturated carbocycles. The van der Waals surface area contributed by atoms with Crippen LogP contribution < -0.4 is 15.0 Å². The summed E-state index contributed by atoms with van der Waals surface area (Å²) in [5, 5.41) is 10.6. The molecule has 8 heteroatoms. The molecule has 1 fully saturated rings. The molecular weight excluding hydrogens is 384 g/mol. The Morgan fingerprint density at radius 3 is 2.67 bits per heavy atom. The maximum atomic E-state index is 12.4. The van der Waals surface area contributed by atoms with Crippen LogP contribution in [0.3, 0.4) is 0 Å². The number of aryl methyl sites for hydroxylation is 1. The van der Waals surface area contributed by atoms with Crippen LogP contribution in [0.5, 0.6) is 5.75 Å². The lowest BCUT2D eigenvalue weighted by molar-refractivity contribution is -0.117. The zero-order chi connectivity index (χ0) is 20.9. The van der Waals surface area contributed by atoms with Crippen LogP contribution >= 0.6 is 0 Å². The Labute approximate surface area is 173 Å². The lowest BCUT2D eigenvalue weighted by Crippen LogP contribution is -2.24. The van der Waals surface area contributed by atoms with E-state index in [0.717, 1.165) is 17.0 Å². The second-order valence-corrected chi connectivity index (χ2v) is 7.08. The first kappa shape index (κ1) is 19.6. The number of anilines is 2. The fourth-order valence-electron chi connectivity index (χ4n) is 3.41. The number of rotatable bonds is 7. The predicted molar refractivity (Wildman–Crippen MR) is 110 cm³/mol. The van der Waals surface area contributed by atoms with Crippen molar-refractivity contribution in [3.8, 4) is 5.75 Å². The SMILES string of the molecule is COc1ccc(CCC(=O)Nc2nnc(C3CC(=O)N(c4ccccc4)C3)o2)cc1. The molecule has 1 aliphatic rings. The molecule has 0 bridgehead atoms. The smallest absolute Gasteiger partial charge is 0.322 e. The molecule has 1 unspecified atom stereocenters. The molecule has 0 aliphatic carbocycles. The first-order valence-electron chi connectivity index (χ1n) is 9.74. The summed E-state index contributed by atoms with van der Waals surface area (Å²) in [6.45, 7) is 0.468. The number of hydrogen-bond donors (Lipinski definition) is 1. The summed E-state index contributed by atoms with van der Waals surface area (Å²) in [6, 6.07) is 17.1. The van der Waals surface area contributed by atoms with Gasteiger partial charge in [-0.1, -0.05) is 35.4 Å². The average molecular weight is 406 g/mol. The van der Waals surface area contributed by atoms with Crippen molar-refractivity contribution in [3.05, 3.63) is 66.1 Å². The standard InChI is InChI=1S/C22H22N4O4/c1-29-18-10-7-15(8-11-18)9-12-19(27)23-22-25-24-21(30-22)16-13-20(28)26(14-16)17-5-3-2-4-6-17/h2-8,10-11,16H,9,12-14H2,1H3,(H,23,25,27). The third-order valence-electron chi connectivity index (χ3n) is 5.03. The van der Waals surface area contributed by atoms with Crippen molar-refractivity contribution in [2.24, 2.45) is 0 Å². The van der Waals surface area contributed by atoms with Gasteiger partial charge in [0.25, 0.3) is 0 Å². The molecule has 2 amide bonds. The van der Waals surface area contributed by atoms with Gasteiger partial charge in [-0.15, -0.1) is 5.10 Å². The first-order valence-corrected chi connectivity index (χ1v) is 9.74. The molecule has 1 N–H and O–H groups in total. The summed E-state index contributed by atoms with van der Waals surface area (Å²) >= 11 is 0. The van der Waals surface area contributed by atoms with Gasteiger partial charge in [-0.25, -0.2) is 0 Å². The molecule has 8 nitrogen and oxygen atoms in total. The number of amides is 2. The summed E-state index contributed by atoms with van der Waals surface area (Å²) in [4.78, 5) is 26.3. The quantitative estimate of drug-likeness (QED) is 0.647. The van der Waals surface area contributed by atoms with Crippen molar-refractivity contribution in [1.82, 2.24) is 10.2 Å². The monoisotopic (exact) mass is 406 g/mol. The van der Waals surface area contributed by atoms with E-state index in [4.69, 9.17) is 9.15 Å². The molecule has 30 heavy (non-hydrogen) atoms. The van der Waals surface area contributed by atoms with E-state index >= 15 is 0 Å². The van der Waals surface area contributed by atoms with Crippen LogP contribution in [0.4, 0.5) is 11.7 Å². The molecular formula is C22H22N4O4. The number of methoxy groups -OCH3 is 1. The van der Waals surface area contributed by atoms with Gasteiger partial charge in [0.15, 0.2) is 0 Å². The Balaban J connectivity index is 1.31. The summed E-state index contributed by atoms with van der Waals surface area (Å²) in [7, 11) is 1.61. The van der Waals surface area contributed by atoms with E-state index in [0.29, 0.717) is 25.3 Å². The van der Waals surface area contributed by atoms with E-state index in [9.17, 15) is 9.59 Å². The van der Waals surface area contributed by atoms with E-state index in [2.05, 4.69) is 15.5 Å². The van der Waals surface area contributed by atoms with Gasteiger partial charge in [0.2, 0.25) is 17.7 Å². The molecule has 2 aromatic carbocycles. The third-order valence-corrected chi connectivity index (χ3v) is 5.03. The van der Waals surface area contributed by atoms with Gasteiger partial charge in [-0.2, -0.15) is 0 Å². The van der Waals surface area contributed by atoms with Gasteiger partial charge in [0.05, 0.1) is 13.0 Å². The van der Waals surface area contributed by atoms with Crippen molar-refractivity contribution in [2.45, 2.75) is 25.2 Å². The van der Waals surface area contributed by atoms with Crippen LogP contribution in [0.1, 0.15) is 30.2 Å². The summed E-state index contributed by atoms with van der Waals surface area (Å²) in [5.74, 6) is 0.726. The van der Waals surface area contributed by atoms with Gasteiger partial charge in [0.1, 0.15) is 5.75 Å². The lowest BCUT2D eigenvalue weighted by atomic mass is 10.1. The van der Waals surface area contributed by atoms with Crippen LogP contribution in [-0.2, 0) is 16.0 Å². The summed E-state index contributed by atoms with van der Waals surface area (Å²) in [5.41, 5.74) is 1.87. The van der Waals surface area contributed by atoms with E-state index in [-0.39, 0.29) is 30.2 Å². The molecule has 0 spiro atoms. The molecule has 3 aromatic rings.